The molecule has 0 radical (unpaired) electrons. The van der Waals surface area contributed by atoms with E-state index >= 15 is 0 Å². The van der Waals surface area contributed by atoms with Crippen LogP contribution in [0.3, 0.4) is 0 Å². The largest absolute Gasteiger partial charge is 0.369 e. The van der Waals surface area contributed by atoms with Gasteiger partial charge in [0, 0.05) is 23.8 Å². The van der Waals surface area contributed by atoms with Crippen molar-refractivity contribution in [1.29, 1.82) is 0 Å². The fourth-order valence-corrected chi connectivity index (χ4v) is 2.21. The zero-order valence-electron chi connectivity index (χ0n) is 8.90. The molecule has 1 aliphatic heterocycles. The van der Waals surface area contributed by atoms with Crippen LogP contribution in [-0.4, -0.2) is 24.0 Å². The van der Waals surface area contributed by atoms with Crippen molar-refractivity contribution in [3.63, 3.8) is 0 Å². The van der Waals surface area contributed by atoms with Crippen molar-refractivity contribution >= 4 is 27.7 Å². The Morgan fingerprint density at radius 2 is 2.38 bits per heavy atom. The van der Waals surface area contributed by atoms with Gasteiger partial charge in [0.1, 0.15) is 5.82 Å². The van der Waals surface area contributed by atoms with Gasteiger partial charge in [0.15, 0.2) is 0 Å². The summed E-state index contributed by atoms with van der Waals surface area (Å²) in [7, 11) is 0. The van der Waals surface area contributed by atoms with E-state index in [0.717, 1.165) is 29.7 Å². The highest BCUT2D eigenvalue weighted by molar-refractivity contribution is 9.10. The molecule has 2 heterocycles. The summed E-state index contributed by atoms with van der Waals surface area (Å²) in [5, 5.41) is 0. The molecule has 0 saturated carbocycles. The molecule has 16 heavy (non-hydrogen) atoms. The van der Waals surface area contributed by atoms with E-state index in [4.69, 9.17) is 5.73 Å². The molecule has 0 bridgehead atoms. The highest BCUT2D eigenvalue weighted by Crippen LogP contribution is 2.22. The van der Waals surface area contributed by atoms with Crippen LogP contribution in [0.15, 0.2) is 22.8 Å². The molecule has 1 amide bonds. The summed E-state index contributed by atoms with van der Waals surface area (Å²) in [5.74, 6) is 0.662. The van der Waals surface area contributed by atoms with Crippen LogP contribution < -0.4 is 10.6 Å². The maximum Gasteiger partial charge on any atom is 0.222 e. The van der Waals surface area contributed by atoms with E-state index in [0.29, 0.717) is 6.54 Å². The van der Waals surface area contributed by atoms with Crippen molar-refractivity contribution in [3.05, 3.63) is 22.8 Å². The molecule has 2 N–H and O–H groups in total. The second kappa shape index (κ2) is 4.82. The summed E-state index contributed by atoms with van der Waals surface area (Å²) >= 11 is 3.35. The number of halogens is 1. The van der Waals surface area contributed by atoms with E-state index in [1.807, 2.05) is 12.1 Å². The van der Waals surface area contributed by atoms with Crippen LogP contribution in [0, 0.1) is 5.92 Å². The van der Waals surface area contributed by atoms with Gasteiger partial charge >= 0.3 is 0 Å². The number of hydrogen-bond acceptors (Lipinski definition) is 3. The normalized spacial score (nSPS) is 20.8. The van der Waals surface area contributed by atoms with Crippen LogP contribution in [0.5, 0.6) is 0 Å². The van der Waals surface area contributed by atoms with Gasteiger partial charge in [-0.3, -0.25) is 4.79 Å². The predicted molar refractivity (Wildman–Crippen MR) is 66.1 cm³/mol. The van der Waals surface area contributed by atoms with Gasteiger partial charge in [0.25, 0.3) is 0 Å². The van der Waals surface area contributed by atoms with Crippen molar-refractivity contribution in [2.24, 2.45) is 11.7 Å². The molecule has 4 nitrogen and oxygen atoms in total. The molecule has 1 saturated heterocycles. The molecule has 1 aromatic heterocycles. The second-order valence-electron chi connectivity index (χ2n) is 4.02. The Kier molecular flexibility index (Phi) is 3.43. The number of carbonyl (C=O) groups excluding carboxylic acids is 1. The molecule has 1 aliphatic rings. The molecular formula is C11H14BrN3O. The average molecular weight is 284 g/mol. The van der Waals surface area contributed by atoms with Crippen LogP contribution in [0.1, 0.15) is 12.8 Å². The maximum absolute atomic E-state index is 11.2. The molecule has 5 heteroatoms. The van der Waals surface area contributed by atoms with Crippen molar-refractivity contribution in [1.82, 2.24) is 4.98 Å². The lowest BCUT2D eigenvalue weighted by atomic mass is 9.97. The number of nitrogens with two attached hydrogens (primary N) is 1. The fraction of sp³-hybridized carbons (Fsp3) is 0.455. The number of hydrogen-bond donors (Lipinski definition) is 1. The molecule has 2 rings (SSSR count). The lowest BCUT2D eigenvalue weighted by molar-refractivity contribution is -0.122. The minimum atomic E-state index is -0.207. The first-order valence-electron chi connectivity index (χ1n) is 5.32. The highest BCUT2D eigenvalue weighted by atomic mass is 79.9. The highest BCUT2D eigenvalue weighted by Gasteiger charge is 2.24. The Morgan fingerprint density at radius 1 is 1.56 bits per heavy atom. The van der Waals surface area contributed by atoms with E-state index in [1.165, 1.54) is 0 Å². The third kappa shape index (κ3) is 2.52. The monoisotopic (exact) mass is 283 g/mol. The Morgan fingerprint density at radius 3 is 3.00 bits per heavy atom. The third-order valence-electron chi connectivity index (χ3n) is 2.86. The first-order valence-corrected chi connectivity index (χ1v) is 6.12. The van der Waals surface area contributed by atoms with Gasteiger partial charge < -0.3 is 10.6 Å². The number of rotatable bonds is 2. The van der Waals surface area contributed by atoms with Gasteiger partial charge in [-0.2, -0.15) is 0 Å². The zero-order chi connectivity index (χ0) is 11.5. The summed E-state index contributed by atoms with van der Waals surface area (Å²) in [6.07, 6.45) is 3.65. The molecule has 0 spiro atoms. The Hall–Kier alpha value is -1.10. The molecule has 86 valence electrons. The van der Waals surface area contributed by atoms with Gasteiger partial charge in [-0.15, -0.1) is 0 Å². The number of pyridine rings is 1. The summed E-state index contributed by atoms with van der Waals surface area (Å²) < 4.78 is 0.958. The van der Waals surface area contributed by atoms with Crippen molar-refractivity contribution in [3.8, 4) is 0 Å². The van der Waals surface area contributed by atoms with E-state index in [9.17, 15) is 4.79 Å². The van der Waals surface area contributed by atoms with Crippen molar-refractivity contribution in [2.75, 3.05) is 18.0 Å². The summed E-state index contributed by atoms with van der Waals surface area (Å²) in [4.78, 5) is 17.6. The number of primary amides is 1. The van der Waals surface area contributed by atoms with E-state index in [-0.39, 0.29) is 11.8 Å². The number of nitrogens with zero attached hydrogens (tertiary/aromatic N) is 2. The lowest BCUT2D eigenvalue weighted by Crippen LogP contribution is -2.41. The standard InChI is InChI=1S/C11H14BrN3O/c12-9-3-4-10(14-6-9)15-5-1-2-8(7-15)11(13)16/h3-4,6,8H,1-2,5,7H2,(H2,13,16)/t8-/m0/s1. The van der Waals surface area contributed by atoms with Crippen LogP contribution >= 0.6 is 15.9 Å². The maximum atomic E-state index is 11.2. The molecule has 1 aromatic rings. The first kappa shape index (κ1) is 11.4. The SMILES string of the molecule is NC(=O)[C@H]1CCCN(c2ccc(Br)cn2)C1. The zero-order valence-corrected chi connectivity index (χ0v) is 10.5. The summed E-state index contributed by atoms with van der Waals surface area (Å²) in [6, 6.07) is 3.91. The van der Waals surface area contributed by atoms with E-state index in [2.05, 4.69) is 25.8 Å². The molecule has 1 fully saturated rings. The van der Waals surface area contributed by atoms with Gasteiger partial charge in [0.05, 0.1) is 5.92 Å². The number of aromatic nitrogens is 1. The van der Waals surface area contributed by atoms with Crippen molar-refractivity contribution in [2.45, 2.75) is 12.8 Å². The van der Waals surface area contributed by atoms with Gasteiger partial charge in [-0.25, -0.2) is 4.98 Å². The smallest absolute Gasteiger partial charge is 0.222 e. The summed E-state index contributed by atoms with van der Waals surface area (Å²) in [6.45, 7) is 1.63. The Labute approximate surface area is 103 Å². The van der Waals surface area contributed by atoms with Crippen molar-refractivity contribution < 1.29 is 4.79 Å². The molecule has 1 atom stereocenters. The van der Waals surface area contributed by atoms with Crippen LogP contribution in [-0.2, 0) is 4.79 Å². The van der Waals surface area contributed by atoms with Crippen LogP contribution in [0.25, 0.3) is 0 Å². The van der Waals surface area contributed by atoms with E-state index in [1.54, 1.807) is 6.20 Å². The van der Waals surface area contributed by atoms with Crippen LogP contribution in [0.2, 0.25) is 0 Å². The summed E-state index contributed by atoms with van der Waals surface area (Å²) in [5.41, 5.74) is 5.34. The number of piperidine rings is 1. The third-order valence-corrected chi connectivity index (χ3v) is 3.33. The van der Waals surface area contributed by atoms with Gasteiger partial charge in [-0.1, -0.05) is 0 Å². The Bertz CT molecular complexity index is 379. The van der Waals surface area contributed by atoms with Gasteiger partial charge in [0.2, 0.25) is 5.91 Å². The number of carbonyl (C=O) groups is 1. The minimum absolute atomic E-state index is 0.0424. The fourth-order valence-electron chi connectivity index (χ4n) is 1.97. The quantitative estimate of drug-likeness (QED) is 0.896. The molecule has 0 unspecified atom stereocenters. The first-order chi connectivity index (χ1) is 7.66. The molecular weight excluding hydrogens is 270 g/mol. The number of amides is 1. The average Bonchev–Trinajstić information content (AvgIpc) is 2.30. The van der Waals surface area contributed by atoms with E-state index < -0.39 is 0 Å². The molecule has 0 aromatic carbocycles. The van der Waals surface area contributed by atoms with Gasteiger partial charge in [-0.05, 0) is 40.9 Å². The predicted octanol–water partition coefficient (Wildman–Crippen LogP) is 1.55. The molecule has 0 aliphatic carbocycles. The topological polar surface area (TPSA) is 59.2 Å². The second-order valence-corrected chi connectivity index (χ2v) is 4.94. The Balaban J connectivity index is 2.09. The lowest BCUT2D eigenvalue weighted by Gasteiger charge is -2.32. The minimum Gasteiger partial charge on any atom is -0.369 e. The van der Waals surface area contributed by atoms with Crippen LogP contribution in [0.4, 0.5) is 5.82 Å². The number of anilines is 1.